The first-order chi connectivity index (χ1) is 8.40. The van der Waals surface area contributed by atoms with Crippen molar-refractivity contribution >= 4 is 14.0 Å². The van der Waals surface area contributed by atoms with E-state index in [1.54, 1.807) is 0 Å². The van der Waals surface area contributed by atoms with Gasteiger partial charge in [-0.3, -0.25) is 4.79 Å². The lowest BCUT2D eigenvalue weighted by Crippen LogP contribution is -2.16. The molecule has 0 spiro atoms. The molecule has 0 saturated carbocycles. The molecule has 0 atom stereocenters. The molecule has 1 aromatic rings. The zero-order valence-corrected chi connectivity index (χ0v) is 12.5. The minimum Gasteiger partial charge on any atom is -0.466 e. The van der Waals surface area contributed by atoms with Crippen LogP contribution in [0.1, 0.15) is 18.1 Å². The Balaban J connectivity index is 2.68. The van der Waals surface area contributed by atoms with E-state index in [1.807, 2.05) is 31.2 Å². The Labute approximate surface area is 110 Å². The molecule has 0 bridgehead atoms. The summed E-state index contributed by atoms with van der Waals surface area (Å²) in [6.45, 7) is 8.89. The van der Waals surface area contributed by atoms with Crippen molar-refractivity contribution in [3.05, 3.63) is 35.4 Å². The van der Waals surface area contributed by atoms with E-state index in [0.29, 0.717) is 13.0 Å². The Morgan fingerprint density at radius 2 is 1.83 bits per heavy atom. The molecule has 3 heteroatoms. The summed E-state index contributed by atoms with van der Waals surface area (Å²) >= 11 is 0. The largest absolute Gasteiger partial charge is 0.466 e. The lowest BCUT2D eigenvalue weighted by Gasteiger charge is -2.04. The third-order valence-electron chi connectivity index (χ3n) is 2.19. The van der Waals surface area contributed by atoms with Crippen molar-refractivity contribution in [1.29, 1.82) is 0 Å². The minimum absolute atomic E-state index is 0.182. The van der Waals surface area contributed by atoms with Crippen LogP contribution in [0.15, 0.2) is 24.3 Å². The molecule has 0 N–H and O–H groups in total. The van der Waals surface area contributed by atoms with Gasteiger partial charge in [-0.1, -0.05) is 37.7 Å². The summed E-state index contributed by atoms with van der Waals surface area (Å²) in [5, 5.41) is 0. The third kappa shape index (κ3) is 5.69. The Bertz CT molecular complexity index is 458. The monoisotopic (exact) mass is 260 g/mol. The Morgan fingerprint density at radius 3 is 2.33 bits per heavy atom. The van der Waals surface area contributed by atoms with Crippen molar-refractivity contribution in [3.8, 4) is 11.5 Å². The molecular formula is C15H20O2Si. The summed E-state index contributed by atoms with van der Waals surface area (Å²) in [5.41, 5.74) is 5.29. The van der Waals surface area contributed by atoms with Gasteiger partial charge in [-0.25, -0.2) is 0 Å². The summed E-state index contributed by atoms with van der Waals surface area (Å²) in [6, 6.07) is 7.79. The summed E-state index contributed by atoms with van der Waals surface area (Å²) in [4.78, 5) is 11.3. The van der Waals surface area contributed by atoms with Crippen LogP contribution in [0.3, 0.4) is 0 Å². The molecule has 0 aliphatic heterocycles. The van der Waals surface area contributed by atoms with Crippen LogP contribution in [0.5, 0.6) is 0 Å². The molecule has 1 aromatic carbocycles. The maximum atomic E-state index is 11.3. The van der Waals surface area contributed by atoms with E-state index in [9.17, 15) is 4.79 Å². The number of benzene rings is 1. The fourth-order valence-electron chi connectivity index (χ4n) is 1.34. The summed E-state index contributed by atoms with van der Waals surface area (Å²) in [6.07, 6.45) is 0.329. The number of rotatable bonds is 3. The van der Waals surface area contributed by atoms with Crippen molar-refractivity contribution in [2.75, 3.05) is 6.61 Å². The number of hydrogen-bond donors (Lipinski definition) is 0. The van der Waals surface area contributed by atoms with Crippen LogP contribution in [-0.4, -0.2) is 20.7 Å². The Hall–Kier alpha value is -1.53. The highest BCUT2D eigenvalue weighted by atomic mass is 28.3. The highest BCUT2D eigenvalue weighted by Gasteiger charge is 2.07. The summed E-state index contributed by atoms with van der Waals surface area (Å²) < 4.78 is 4.91. The topological polar surface area (TPSA) is 26.3 Å². The molecule has 0 saturated heterocycles. The molecule has 0 fully saturated rings. The smallest absolute Gasteiger partial charge is 0.310 e. The summed E-state index contributed by atoms with van der Waals surface area (Å²) in [5.74, 6) is 3.00. The quantitative estimate of drug-likeness (QED) is 0.474. The molecule has 0 aromatic heterocycles. The molecule has 2 nitrogen and oxygen atoms in total. The number of ether oxygens (including phenoxy) is 1. The minimum atomic E-state index is -1.33. The molecule has 0 aliphatic carbocycles. The van der Waals surface area contributed by atoms with Crippen molar-refractivity contribution in [2.24, 2.45) is 0 Å². The molecule has 0 unspecified atom stereocenters. The third-order valence-corrected chi connectivity index (χ3v) is 3.06. The SMILES string of the molecule is CCOC(=O)Cc1ccc(C#C[Si](C)(C)C)cc1. The van der Waals surface area contributed by atoms with Gasteiger partial charge in [-0.15, -0.1) is 5.54 Å². The second-order valence-electron chi connectivity index (χ2n) is 5.18. The standard InChI is InChI=1S/C15H20O2Si/c1-5-17-15(16)12-14-8-6-13(7-9-14)10-11-18(2,3)4/h6-9H,5,12H2,1-4H3. The predicted molar refractivity (Wildman–Crippen MR) is 77.0 cm³/mol. The maximum absolute atomic E-state index is 11.3. The van der Waals surface area contributed by atoms with Gasteiger partial charge in [0.05, 0.1) is 13.0 Å². The van der Waals surface area contributed by atoms with Crippen LogP contribution in [-0.2, 0) is 16.0 Å². The molecule has 0 amide bonds. The number of carbonyl (C=O) groups excluding carboxylic acids is 1. The first-order valence-corrected chi connectivity index (χ1v) is 9.68. The molecule has 18 heavy (non-hydrogen) atoms. The van der Waals surface area contributed by atoms with Gasteiger partial charge >= 0.3 is 5.97 Å². The zero-order chi connectivity index (χ0) is 13.6. The predicted octanol–water partition coefficient (Wildman–Crippen LogP) is 3.02. The van der Waals surface area contributed by atoms with Crippen molar-refractivity contribution < 1.29 is 9.53 Å². The molecule has 0 heterocycles. The van der Waals surface area contributed by atoms with E-state index in [4.69, 9.17) is 4.74 Å². The van der Waals surface area contributed by atoms with Gasteiger partial charge in [0.2, 0.25) is 0 Å². The zero-order valence-electron chi connectivity index (χ0n) is 11.5. The first-order valence-electron chi connectivity index (χ1n) is 6.18. The van der Waals surface area contributed by atoms with Gasteiger partial charge in [0.25, 0.3) is 0 Å². The van der Waals surface area contributed by atoms with Gasteiger partial charge in [-0.05, 0) is 24.6 Å². The lowest BCUT2D eigenvalue weighted by molar-refractivity contribution is -0.142. The Morgan fingerprint density at radius 1 is 1.22 bits per heavy atom. The molecule has 96 valence electrons. The van der Waals surface area contributed by atoms with Crippen LogP contribution in [0.2, 0.25) is 19.6 Å². The van der Waals surface area contributed by atoms with Crippen LogP contribution in [0, 0.1) is 11.5 Å². The average molecular weight is 260 g/mol. The van der Waals surface area contributed by atoms with E-state index in [2.05, 4.69) is 31.1 Å². The second-order valence-corrected chi connectivity index (χ2v) is 9.93. The van der Waals surface area contributed by atoms with E-state index in [-0.39, 0.29) is 5.97 Å². The van der Waals surface area contributed by atoms with E-state index >= 15 is 0 Å². The van der Waals surface area contributed by atoms with Crippen LogP contribution in [0.25, 0.3) is 0 Å². The number of esters is 1. The fraction of sp³-hybridized carbons (Fsp3) is 0.400. The van der Waals surface area contributed by atoms with Gasteiger partial charge in [0.15, 0.2) is 0 Å². The van der Waals surface area contributed by atoms with Crippen molar-refractivity contribution in [3.63, 3.8) is 0 Å². The van der Waals surface area contributed by atoms with Gasteiger partial charge in [0, 0.05) is 5.56 Å². The number of carbonyl (C=O) groups is 1. The highest BCUT2D eigenvalue weighted by Crippen LogP contribution is 2.06. The maximum Gasteiger partial charge on any atom is 0.310 e. The van der Waals surface area contributed by atoms with Crippen molar-refractivity contribution in [2.45, 2.75) is 33.0 Å². The Kier molecular flexibility index (Phi) is 5.18. The number of hydrogen-bond acceptors (Lipinski definition) is 2. The first kappa shape index (κ1) is 14.5. The second kappa shape index (κ2) is 6.41. The molecule has 0 aliphatic rings. The van der Waals surface area contributed by atoms with Crippen molar-refractivity contribution in [1.82, 2.24) is 0 Å². The van der Waals surface area contributed by atoms with Gasteiger partial charge in [-0.2, -0.15) is 0 Å². The van der Waals surface area contributed by atoms with Crippen LogP contribution >= 0.6 is 0 Å². The van der Waals surface area contributed by atoms with E-state index < -0.39 is 8.07 Å². The van der Waals surface area contributed by atoms with Crippen LogP contribution in [0.4, 0.5) is 0 Å². The fourth-order valence-corrected chi connectivity index (χ4v) is 1.86. The van der Waals surface area contributed by atoms with Gasteiger partial charge < -0.3 is 4.74 Å². The molecular weight excluding hydrogens is 240 g/mol. The highest BCUT2D eigenvalue weighted by molar-refractivity contribution is 6.83. The lowest BCUT2D eigenvalue weighted by atomic mass is 10.1. The molecule has 0 radical (unpaired) electrons. The average Bonchev–Trinajstić information content (AvgIpc) is 2.27. The van der Waals surface area contributed by atoms with Crippen LogP contribution < -0.4 is 0 Å². The van der Waals surface area contributed by atoms with Gasteiger partial charge in [0.1, 0.15) is 8.07 Å². The summed E-state index contributed by atoms with van der Waals surface area (Å²) in [7, 11) is -1.33. The van der Waals surface area contributed by atoms with E-state index in [0.717, 1.165) is 11.1 Å². The van der Waals surface area contributed by atoms with E-state index in [1.165, 1.54) is 0 Å². The molecule has 1 rings (SSSR count). The normalized spacial score (nSPS) is 10.4.